The van der Waals surface area contributed by atoms with Crippen molar-refractivity contribution in [3.05, 3.63) is 0 Å². The lowest BCUT2D eigenvalue weighted by Gasteiger charge is -2.12. The van der Waals surface area contributed by atoms with Gasteiger partial charge in [-0.1, -0.05) is 6.92 Å². The van der Waals surface area contributed by atoms with Crippen molar-refractivity contribution in [2.24, 2.45) is 10.7 Å². The molecule has 0 aliphatic carbocycles. The summed E-state index contributed by atoms with van der Waals surface area (Å²) >= 11 is 0. The van der Waals surface area contributed by atoms with Gasteiger partial charge in [0.25, 0.3) is 0 Å². The predicted octanol–water partition coefficient (Wildman–Crippen LogP) is 2.04. The van der Waals surface area contributed by atoms with Crippen LogP contribution < -0.4 is 5.73 Å². The van der Waals surface area contributed by atoms with Gasteiger partial charge in [0.15, 0.2) is 0 Å². The molecular weight excluding hydrogens is 188 g/mol. The Labute approximate surface area is 73.8 Å². The Kier molecular flexibility index (Phi) is 4.72. The lowest BCUT2D eigenvalue weighted by molar-refractivity contribution is -0.119. The first-order valence-corrected chi connectivity index (χ1v) is 3.85. The predicted molar refractivity (Wildman–Crippen MR) is 42.3 cm³/mol. The lowest BCUT2D eigenvalue weighted by atomic mass is 10.3. The van der Waals surface area contributed by atoms with E-state index in [2.05, 4.69) is 4.99 Å². The third-order valence-corrected chi connectivity index (χ3v) is 1.32. The van der Waals surface area contributed by atoms with Crippen LogP contribution in [-0.4, -0.2) is 24.7 Å². The third-order valence-electron chi connectivity index (χ3n) is 1.32. The molecule has 0 aromatic heterocycles. The second-order valence-corrected chi connectivity index (χ2v) is 2.62. The molecule has 0 atom stereocenters. The number of nitrogens with two attached hydrogens (primary N) is 1. The molecule has 6 heteroatoms. The maximum Gasteiger partial charge on any atom is 0.326 e. The van der Waals surface area contributed by atoms with Crippen molar-refractivity contribution >= 4 is 5.84 Å². The lowest BCUT2D eigenvalue weighted by Crippen LogP contribution is -2.31. The van der Waals surface area contributed by atoms with Crippen LogP contribution in [0.4, 0.5) is 17.6 Å². The van der Waals surface area contributed by atoms with E-state index in [9.17, 15) is 17.6 Å². The number of alkyl halides is 4. The minimum Gasteiger partial charge on any atom is -0.387 e. The van der Waals surface area contributed by atoms with Crippen molar-refractivity contribution in [3.63, 3.8) is 0 Å². The van der Waals surface area contributed by atoms with Gasteiger partial charge in [0.2, 0.25) is 0 Å². The maximum atomic E-state index is 12.2. The number of rotatable bonds is 5. The monoisotopic (exact) mass is 200 g/mol. The van der Waals surface area contributed by atoms with E-state index < -0.39 is 18.9 Å². The van der Waals surface area contributed by atoms with E-state index in [0.717, 1.165) is 0 Å². The summed E-state index contributed by atoms with van der Waals surface area (Å²) in [4.78, 5) is 3.17. The standard InChI is InChI=1S/C7H12F4N2/c1-2-3-5(12)13-4-7(10,11)6(8)9/h6H,2-4H2,1H3,(H2,12,13). The summed E-state index contributed by atoms with van der Waals surface area (Å²) in [7, 11) is 0. The van der Waals surface area contributed by atoms with Crippen molar-refractivity contribution in [2.75, 3.05) is 6.54 Å². The van der Waals surface area contributed by atoms with Crippen molar-refractivity contribution < 1.29 is 17.6 Å². The summed E-state index contributed by atoms with van der Waals surface area (Å²) in [5.74, 6) is -4.08. The van der Waals surface area contributed by atoms with E-state index in [1.54, 1.807) is 6.92 Å². The number of aliphatic imine (C=N–C) groups is 1. The molecule has 0 unspecified atom stereocenters. The van der Waals surface area contributed by atoms with E-state index in [4.69, 9.17) is 5.73 Å². The zero-order valence-corrected chi connectivity index (χ0v) is 7.24. The first-order chi connectivity index (χ1) is 5.90. The zero-order chi connectivity index (χ0) is 10.5. The SMILES string of the molecule is CCCC(N)=NCC(F)(F)C(F)F. The van der Waals surface area contributed by atoms with Gasteiger partial charge < -0.3 is 5.73 Å². The number of hydrogen-bond acceptors (Lipinski definition) is 1. The summed E-state index contributed by atoms with van der Waals surface area (Å²) in [6.07, 6.45) is -2.69. The van der Waals surface area contributed by atoms with Gasteiger partial charge in [-0.3, -0.25) is 4.99 Å². The van der Waals surface area contributed by atoms with E-state index in [0.29, 0.717) is 12.8 Å². The Morgan fingerprint density at radius 3 is 2.38 bits per heavy atom. The Morgan fingerprint density at radius 2 is 2.00 bits per heavy atom. The van der Waals surface area contributed by atoms with Gasteiger partial charge in [0.05, 0.1) is 5.84 Å². The molecule has 78 valence electrons. The summed E-state index contributed by atoms with van der Waals surface area (Å²) < 4.78 is 47.6. The first-order valence-electron chi connectivity index (χ1n) is 3.85. The number of halogens is 4. The van der Waals surface area contributed by atoms with E-state index in [1.165, 1.54) is 0 Å². The van der Waals surface area contributed by atoms with Gasteiger partial charge in [-0.05, 0) is 6.42 Å². The molecule has 0 radical (unpaired) electrons. The van der Waals surface area contributed by atoms with Gasteiger partial charge in [-0.15, -0.1) is 0 Å². The van der Waals surface area contributed by atoms with Crippen LogP contribution in [0.5, 0.6) is 0 Å². The second kappa shape index (κ2) is 5.04. The minimum atomic E-state index is -4.07. The highest BCUT2D eigenvalue weighted by Gasteiger charge is 2.40. The summed E-state index contributed by atoms with van der Waals surface area (Å²) in [5, 5.41) is 0. The van der Waals surface area contributed by atoms with Crippen LogP contribution in [0.25, 0.3) is 0 Å². The van der Waals surface area contributed by atoms with Crippen LogP contribution in [0.1, 0.15) is 19.8 Å². The van der Waals surface area contributed by atoms with Crippen LogP contribution >= 0.6 is 0 Å². The average molecular weight is 200 g/mol. The fourth-order valence-electron chi connectivity index (χ4n) is 0.611. The summed E-state index contributed by atoms with van der Waals surface area (Å²) in [6, 6.07) is 0. The molecule has 0 bridgehead atoms. The van der Waals surface area contributed by atoms with Crippen molar-refractivity contribution in [1.29, 1.82) is 0 Å². The van der Waals surface area contributed by atoms with Gasteiger partial charge in [-0.25, -0.2) is 8.78 Å². The largest absolute Gasteiger partial charge is 0.387 e. The average Bonchev–Trinajstić information content (AvgIpc) is 2.01. The molecule has 0 heterocycles. The minimum absolute atomic E-state index is 0.0113. The topological polar surface area (TPSA) is 38.4 Å². The molecule has 0 amide bonds. The molecular formula is C7H12F4N2. The van der Waals surface area contributed by atoms with Gasteiger partial charge >= 0.3 is 12.3 Å². The molecule has 0 aliphatic heterocycles. The summed E-state index contributed by atoms with van der Waals surface area (Å²) in [5.41, 5.74) is 5.16. The molecule has 0 saturated heterocycles. The number of amidine groups is 1. The third kappa shape index (κ3) is 4.69. The molecule has 2 nitrogen and oxygen atoms in total. The van der Waals surface area contributed by atoms with Crippen molar-refractivity contribution in [1.82, 2.24) is 0 Å². The molecule has 0 fully saturated rings. The van der Waals surface area contributed by atoms with Gasteiger partial charge in [0.1, 0.15) is 6.54 Å². The number of nitrogens with zero attached hydrogens (tertiary/aromatic N) is 1. The Bertz CT molecular complexity index is 179. The molecule has 2 N–H and O–H groups in total. The molecule has 0 rings (SSSR count). The van der Waals surface area contributed by atoms with E-state index in [-0.39, 0.29) is 5.84 Å². The van der Waals surface area contributed by atoms with Crippen molar-refractivity contribution in [2.45, 2.75) is 32.1 Å². The van der Waals surface area contributed by atoms with Crippen LogP contribution in [-0.2, 0) is 0 Å². The molecule has 0 aromatic rings. The molecule has 0 spiro atoms. The summed E-state index contributed by atoms with van der Waals surface area (Å²) in [6.45, 7) is 0.546. The Balaban J connectivity index is 4.06. The van der Waals surface area contributed by atoms with Crippen LogP contribution in [0, 0.1) is 0 Å². The van der Waals surface area contributed by atoms with Crippen molar-refractivity contribution in [3.8, 4) is 0 Å². The van der Waals surface area contributed by atoms with Gasteiger partial charge in [0, 0.05) is 6.42 Å². The van der Waals surface area contributed by atoms with Crippen LogP contribution in [0.3, 0.4) is 0 Å². The molecule has 0 saturated carbocycles. The van der Waals surface area contributed by atoms with Crippen LogP contribution in [0.15, 0.2) is 4.99 Å². The highest BCUT2D eigenvalue weighted by molar-refractivity contribution is 5.80. The maximum absolute atomic E-state index is 12.2. The quantitative estimate of drug-likeness (QED) is 0.411. The Hall–Kier alpha value is -0.810. The first kappa shape index (κ1) is 12.2. The fourth-order valence-corrected chi connectivity index (χ4v) is 0.611. The molecule has 0 aliphatic rings. The van der Waals surface area contributed by atoms with Gasteiger partial charge in [-0.2, -0.15) is 8.78 Å². The highest BCUT2D eigenvalue weighted by atomic mass is 19.3. The molecule has 13 heavy (non-hydrogen) atoms. The van der Waals surface area contributed by atoms with E-state index >= 15 is 0 Å². The number of hydrogen-bond donors (Lipinski definition) is 1. The van der Waals surface area contributed by atoms with E-state index in [1.807, 2.05) is 0 Å². The highest BCUT2D eigenvalue weighted by Crippen LogP contribution is 2.22. The zero-order valence-electron chi connectivity index (χ0n) is 7.24. The normalized spacial score (nSPS) is 13.8. The molecule has 0 aromatic carbocycles. The Morgan fingerprint density at radius 1 is 1.46 bits per heavy atom. The smallest absolute Gasteiger partial charge is 0.326 e. The van der Waals surface area contributed by atoms with Crippen LogP contribution in [0.2, 0.25) is 0 Å². The second-order valence-electron chi connectivity index (χ2n) is 2.62. The fraction of sp³-hybridized carbons (Fsp3) is 0.857.